The van der Waals surface area contributed by atoms with Gasteiger partial charge >= 0.3 is 0 Å². The van der Waals surface area contributed by atoms with Crippen molar-refractivity contribution in [2.75, 3.05) is 19.0 Å². The first kappa shape index (κ1) is 20.9. The summed E-state index contributed by atoms with van der Waals surface area (Å²) in [5, 5.41) is 0. The second-order valence-corrected chi connectivity index (χ2v) is 8.10. The van der Waals surface area contributed by atoms with E-state index in [1.54, 1.807) is 0 Å². The number of hydrogen-bond donors (Lipinski definition) is 2. The summed E-state index contributed by atoms with van der Waals surface area (Å²) in [4.78, 5) is 25.7. The molecule has 0 bridgehead atoms. The van der Waals surface area contributed by atoms with E-state index in [0.717, 1.165) is 22.0 Å². The average Bonchev–Trinajstić information content (AvgIpc) is 3.10. The molecule has 0 aliphatic carbocycles. The van der Waals surface area contributed by atoms with Gasteiger partial charge in [-0.3, -0.25) is 20.4 Å². The molecule has 1 aromatic heterocycles. The third-order valence-electron chi connectivity index (χ3n) is 4.89. The van der Waals surface area contributed by atoms with Gasteiger partial charge in [-0.05, 0) is 50.2 Å². The summed E-state index contributed by atoms with van der Waals surface area (Å²) in [6, 6.07) is 17.2. The SMILES string of the molecule is Cc1cc(C(=O)NNC(=O)CSc2ccc3c(c2)OCCO3)c(C)n1-c1ccccc1. The number of nitrogens with zero attached hydrogens (tertiary/aromatic N) is 1. The standard InChI is InChI=1S/C23H23N3O4S/c1-15-12-19(16(2)26(15)17-6-4-3-5-7-17)23(28)25-24-22(27)14-31-18-8-9-20-21(13-18)30-11-10-29-20/h3-9,12-13H,10-11,14H2,1-2H3,(H,24,27)(H,25,28). The molecule has 0 unspecified atom stereocenters. The van der Waals surface area contributed by atoms with Crippen molar-refractivity contribution in [3.05, 3.63) is 71.5 Å². The van der Waals surface area contributed by atoms with Crippen LogP contribution in [0.4, 0.5) is 0 Å². The van der Waals surface area contributed by atoms with Gasteiger partial charge in [0, 0.05) is 22.0 Å². The molecule has 0 atom stereocenters. The van der Waals surface area contributed by atoms with Crippen molar-refractivity contribution in [2.45, 2.75) is 18.7 Å². The number of rotatable bonds is 5. The molecule has 0 saturated carbocycles. The number of para-hydroxylation sites is 1. The number of thioether (sulfide) groups is 1. The lowest BCUT2D eigenvalue weighted by Gasteiger charge is -2.18. The van der Waals surface area contributed by atoms with Crippen LogP contribution in [0.2, 0.25) is 0 Å². The molecule has 1 aliphatic heterocycles. The molecule has 0 fully saturated rings. The van der Waals surface area contributed by atoms with Gasteiger partial charge in [0.2, 0.25) is 5.91 Å². The highest BCUT2D eigenvalue weighted by Gasteiger charge is 2.17. The van der Waals surface area contributed by atoms with Crippen LogP contribution >= 0.6 is 11.8 Å². The van der Waals surface area contributed by atoms with Gasteiger partial charge in [0.1, 0.15) is 13.2 Å². The highest BCUT2D eigenvalue weighted by molar-refractivity contribution is 8.00. The summed E-state index contributed by atoms with van der Waals surface area (Å²) in [7, 11) is 0. The van der Waals surface area contributed by atoms with Gasteiger partial charge in [-0.15, -0.1) is 11.8 Å². The molecule has 0 radical (unpaired) electrons. The first-order valence-corrected chi connectivity index (χ1v) is 10.9. The van der Waals surface area contributed by atoms with Crippen LogP contribution < -0.4 is 20.3 Å². The van der Waals surface area contributed by atoms with Crippen molar-refractivity contribution >= 4 is 23.6 Å². The third kappa shape index (κ3) is 4.69. The van der Waals surface area contributed by atoms with Crippen LogP contribution in [0.15, 0.2) is 59.5 Å². The Morgan fingerprint density at radius 2 is 1.71 bits per heavy atom. The van der Waals surface area contributed by atoms with E-state index in [0.29, 0.717) is 30.3 Å². The monoisotopic (exact) mass is 437 g/mol. The van der Waals surface area contributed by atoms with Crippen molar-refractivity contribution < 1.29 is 19.1 Å². The Morgan fingerprint density at radius 3 is 2.48 bits per heavy atom. The topological polar surface area (TPSA) is 81.6 Å². The summed E-state index contributed by atoms with van der Waals surface area (Å²) >= 11 is 1.35. The molecule has 2 N–H and O–H groups in total. The molecule has 3 aromatic rings. The number of aromatic nitrogens is 1. The number of amides is 2. The van der Waals surface area contributed by atoms with Gasteiger partial charge in [0.05, 0.1) is 11.3 Å². The van der Waals surface area contributed by atoms with Gasteiger partial charge in [0.25, 0.3) is 5.91 Å². The largest absolute Gasteiger partial charge is 0.486 e. The summed E-state index contributed by atoms with van der Waals surface area (Å²) < 4.78 is 13.1. The van der Waals surface area contributed by atoms with E-state index >= 15 is 0 Å². The molecule has 0 saturated heterocycles. The van der Waals surface area contributed by atoms with Gasteiger partial charge in [0.15, 0.2) is 11.5 Å². The minimum absolute atomic E-state index is 0.156. The van der Waals surface area contributed by atoms with E-state index in [1.165, 1.54) is 11.8 Å². The van der Waals surface area contributed by atoms with Crippen LogP contribution in [0.5, 0.6) is 11.5 Å². The lowest BCUT2D eigenvalue weighted by Crippen LogP contribution is -2.42. The number of aryl methyl sites for hydroxylation is 1. The van der Waals surface area contributed by atoms with Crippen LogP contribution in [-0.4, -0.2) is 35.3 Å². The number of nitrogens with one attached hydrogen (secondary N) is 2. The minimum Gasteiger partial charge on any atom is -0.486 e. The maximum atomic E-state index is 12.6. The fourth-order valence-corrected chi connectivity index (χ4v) is 4.18. The first-order chi connectivity index (χ1) is 15.0. The highest BCUT2D eigenvalue weighted by atomic mass is 32.2. The Hall–Kier alpha value is -3.39. The van der Waals surface area contributed by atoms with Crippen LogP contribution in [0.1, 0.15) is 21.7 Å². The Bertz CT molecular complexity index is 1110. The normalized spacial score (nSPS) is 12.3. The van der Waals surface area contributed by atoms with Crippen molar-refractivity contribution in [1.82, 2.24) is 15.4 Å². The second-order valence-electron chi connectivity index (χ2n) is 7.05. The minimum atomic E-state index is -0.354. The number of hydrazine groups is 1. The molecule has 2 heterocycles. The Kier molecular flexibility index (Phi) is 6.18. The van der Waals surface area contributed by atoms with Gasteiger partial charge in [-0.1, -0.05) is 18.2 Å². The van der Waals surface area contributed by atoms with Gasteiger partial charge < -0.3 is 14.0 Å². The average molecular weight is 438 g/mol. The van der Waals surface area contributed by atoms with Crippen molar-refractivity contribution in [3.63, 3.8) is 0 Å². The summed E-state index contributed by atoms with van der Waals surface area (Å²) in [5.41, 5.74) is 8.24. The number of fused-ring (bicyclic) bond motifs is 1. The predicted molar refractivity (Wildman–Crippen MR) is 119 cm³/mol. The zero-order chi connectivity index (χ0) is 21.8. The lowest BCUT2D eigenvalue weighted by atomic mass is 10.2. The van der Waals surface area contributed by atoms with E-state index < -0.39 is 0 Å². The third-order valence-corrected chi connectivity index (χ3v) is 5.88. The highest BCUT2D eigenvalue weighted by Crippen LogP contribution is 2.34. The molecule has 31 heavy (non-hydrogen) atoms. The number of benzene rings is 2. The zero-order valence-corrected chi connectivity index (χ0v) is 18.1. The number of carbonyl (C=O) groups is 2. The van der Waals surface area contributed by atoms with Gasteiger partial charge in [-0.25, -0.2) is 0 Å². The fraction of sp³-hybridized carbons (Fsp3) is 0.217. The molecular formula is C23H23N3O4S. The summed E-state index contributed by atoms with van der Waals surface area (Å²) in [5.74, 6) is 0.889. The fourth-order valence-electron chi connectivity index (χ4n) is 3.46. The summed E-state index contributed by atoms with van der Waals surface area (Å²) in [6.45, 7) is 4.88. The predicted octanol–water partition coefficient (Wildman–Crippen LogP) is 3.42. The Labute approximate surface area is 184 Å². The Balaban J connectivity index is 1.33. The lowest BCUT2D eigenvalue weighted by molar-refractivity contribution is -0.119. The van der Waals surface area contributed by atoms with Crippen LogP contribution in [0.25, 0.3) is 5.69 Å². The molecule has 160 valence electrons. The Morgan fingerprint density at radius 1 is 0.968 bits per heavy atom. The summed E-state index contributed by atoms with van der Waals surface area (Å²) in [6.07, 6.45) is 0. The molecule has 0 spiro atoms. The maximum Gasteiger partial charge on any atom is 0.271 e. The second kappa shape index (κ2) is 9.18. The van der Waals surface area contributed by atoms with Crippen LogP contribution in [0.3, 0.4) is 0 Å². The smallest absolute Gasteiger partial charge is 0.271 e. The van der Waals surface area contributed by atoms with Gasteiger partial charge in [-0.2, -0.15) is 0 Å². The quantitative estimate of drug-likeness (QED) is 0.472. The molecular weight excluding hydrogens is 414 g/mol. The molecule has 2 aromatic carbocycles. The zero-order valence-electron chi connectivity index (χ0n) is 17.3. The van der Waals surface area contributed by atoms with E-state index in [4.69, 9.17) is 9.47 Å². The van der Waals surface area contributed by atoms with Crippen molar-refractivity contribution in [2.24, 2.45) is 0 Å². The van der Waals surface area contributed by atoms with E-state index in [1.807, 2.05) is 73.0 Å². The number of hydrogen-bond acceptors (Lipinski definition) is 5. The van der Waals surface area contributed by atoms with Crippen LogP contribution in [-0.2, 0) is 4.79 Å². The first-order valence-electron chi connectivity index (χ1n) is 9.89. The van der Waals surface area contributed by atoms with E-state index in [2.05, 4.69) is 10.9 Å². The maximum absolute atomic E-state index is 12.6. The molecule has 2 amide bonds. The molecule has 7 nitrogen and oxygen atoms in total. The van der Waals surface area contributed by atoms with E-state index in [-0.39, 0.29) is 17.6 Å². The molecule has 8 heteroatoms. The molecule has 4 rings (SSSR count). The van der Waals surface area contributed by atoms with Crippen molar-refractivity contribution in [1.29, 1.82) is 0 Å². The molecule has 1 aliphatic rings. The van der Waals surface area contributed by atoms with Crippen LogP contribution in [0, 0.1) is 13.8 Å². The van der Waals surface area contributed by atoms with E-state index in [9.17, 15) is 9.59 Å². The van der Waals surface area contributed by atoms with Crippen molar-refractivity contribution in [3.8, 4) is 17.2 Å². The number of ether oxygens (including phenoxy) is 2. The number of carbonyl (C=O) groups excluding carboxylic acids is 2.